The molecule has 1 atom stereocenters. The lowest BCUT2D eigenvalue weighted by molar-refractivity contribution is -0.154. The summed E-state index contributed by atoms with van der Waals surface area (Å²) in [5, 5.41) is 0. The van der Waals surface area contributed by atoms with Crippen molar-refractivity contribution in [1.29, 1.82) is 0 Å². The molecule has 140 valence electrons. The van der Waals surface area contributed by atoms with E-state index in [4.69, 9.17) is 9.31 Å². The minimum atomic E-state index is -4.43. The predicted molar refractivity (Wildman–Crippen MR) is 87.8 cm³/mol. The summed E-state index contributed by atoms with van der Waals surface area (Å²) in [6.45, 7) is 6.68. The van der Waals surface area contributed by atoms with E-state index in [0.29, 0.717) is 5.46 Å². The monoisotopic (exact) mass is 360 g/mol. The summed E-state index contributed by atoms with van der Waals surface area (Å²) in [6, 6.07) is -0.330. The van der Waals surface area contributed by atoms with E-state index in [9.17, 15) is 13.2 Å². The Labute approximate surface area is 146 Å². The molecule has 25 heavy (non-hydrogen) atoms. The van der Waals surface area contributed by atoms with E-state index in [1.54, 1.807) is 0 Å². The molecule has 1 unspecified atom stereocenters. The van der Waals surface area contributed by atoms with Gasteiger partial charge < -0.3 is 14.0 Å². The molecular formula is C16H24BF3N2O3. The van der Waals surface area contributed by atoms with Crippen molar-refractivity contribution in [2.24, 2.45) is 0 Å². The number of alkyl halides is 3. The topological polar surface area (TPSA) is 53.5 Å². The van der Waals surface area contributed by atoms with Crippen LogP contribution in [0.2, 0.25) is 0 Å². The Hall–Kier alpha value is -1.35. The standard InChI is InChI=1S/C16H24BF3N2O3/c1-5-6-7-8-15(4)14(2,3)24-17(25-15)12-9-21-13(22-10-12)23-11-16(18,19)20/h9-10H,5-8,11H2,1-4H3. The van der Waals surface area contributed by atoms with Crippen LogP contribution in [0, 0.1) is 0 Å². The number of ether oxygens (including phenoxy) is 1. The highest BCUT2D eigenvalue weighted by molar-refractivity contribution is 6.61. The first-order valence-corrected chi connectivity index (χ1v) is 8.43. The molecule has 0 N–H and O–H groups in total. The second kappa shape index (κ2) is 7.49. The number of nitrogens with zero attached hydrogens (tertiary/aromatic N) is 2. The number of halogens is 3. The van der Waals surface area contributed by atoms with Gasteiger partial charge >= 0.3 is 19.3 Å². The first-order chi connectivity index (χ1) is 11.6. The van der Waals surface area contributed by atoms with Crippen molar-refractivity contribution >= 4 is 12.6 Å². The molecule has 0 saturated carbocycles. The Balaban J connectivity index is 2.02. The highest BCUT2D eigenvalue weighted by Gasteiger charge is 2.54. The van der Waals surface area contributed by atoms with Crippen LogP contribution in [-0.4, -0.2) is 41.1 Å². The van der Waals surface area contributed by atoms with Crippen LogP contribution in [-0.2, 0) is 9.31 Å². The quantitative estimate of drug-likeness (QED) is 0.552. The van der Waals surface area contributed by atoms with E-state index in [0.717, 1.165) is 25.7 Å². The van der Waals surface area contributed by atoms with Gasteiger partial charge in [-0.15, -0.1) is 0 Å². The van der Waals surface area contributed by atoms with Crippen molar-refractivity contribution in [1.82, 2.24) is 9.97 Å². The first kappa shape index (κ1) is 20.0. The summed E-state index contributed by atoms with van der Waals surface area (Å²) >= 11 is 0. The summed E-state index contributed by atoms with van der Waals surface area (Å²) in [5.41, 5.74) is -0.415. The van der Waals surface area contributed by atoms with Gasteiger partial charge in [0.2, 0.25) is 0 Å². The van der Waals surface area contributed by atoms with E-state index >= 15 is 0 Å². The van der Waals surface area contributed by atoms with Gasteiger partial charge in [-0.05, 0) is 27.2 Å². The average Bonchev–Trinajstić information content (AvgIpc) is 2.75. The molecule has 5 nitrogen and oxygen atoms in total. The molecule has 0 aliphatic carbocycles. The van der Waals surface area contributed by atoms with Crippen LogP contribution < -0.4 is 10.2 Å². The molecule has 0 amide bonds. The second-order valence-electron chi connectivity index (χ2n) is 6.97. The normalized spacial score (nSPS) is 23.1. The van der Waals surface area contributed by atoms with E-state index in [1.165, 1.54) is 12.4 Å². The highest BCUT2D eigenvalue weighted by atomic mass is 19.4. The zero-order valence-electron chi connectivity index (χ0n) is 15.0. The summed E-state index contributed by atoms with van der Waals surface area (Å²) in [7, 11) is -0.654. The molecule has 0 radical (unpaired) electrons. The molecule has 1 aliphatic heterocycles. The van der Waals surface area contributed by atoms with E-state index < -0.39 is 31.1 Å². The molecule has 2 rings (SSSR count). The van der Waals surface area contributed by atoms with Crippen molar-refractivity contribution in [3.63, 3.8) is 0 Å². The van der Waals surface area contributed by atoms with Crippen molar-refractivity contribution < 1.29 is 27.2 Å². The van der Waals surface area contributed by atoms with Gasteiger partial charge in [-0.25, -0.2) is 9.97 Å². The molecule has 1 aliphatic rings. The predicted octanol–water partition coefficient (Wildman–Crippen LogP) is 3.28. The third-order valence-electron chi connectivity index (χ3n) is 4.58. The SMILES string of the molecule is CCCCCC1(C)OB(c2cnc(OCC(F)(F)F)nc2)OC1(C)C. The van der Waals surface area contributed by atoms with Crippen LogP contribution in [0.1, 0.15) is 53.4 Å². The Morgan fingerprint density at radius 1 is 1.12 bits per heavy atom. The summed E-state index contributed by atoms with van der Waals surface area (Å²) in [6.07, 6.45) is 2.45. The smallest absolute Gasteiger partial charge is 0.454 e. The van der Waals surface area contributed by atoms with Gasteiger partial charge in [-0.3, -0.25) is 0 Å². The van der Waals surface area contributed by atoms with Crippen LogP contribution >= 0.6 is 0 Å². The number of rotatable bonds is 7. The van der Waals surface area contributed by atoms with Gasteiger partial charge in [0.15, 0.2) is 6.61 Å². The fraction of sp³-hybridized carbons (Fsp3) is 0.750. The fourth-order valence-electron chi connectivity index (χ4n) is 2.67. The molecule has 1 saturated heterocycles. The highest BCUT2D eigenvalue weighted by Crippen LogP contribution is 2.40. The van der Waals surface area contributed by atoms with Crippen LogP contribution in [0.5, 0.6) is 6.01 Å². The molecule has 9 heteroatoms. The lowest BCUT2D eigenvalue weighted by atomic mass is 9.81. The van der Waals surface area contributed by atoms with Gasteiger partial charge in [0.05, 0.1) is 11.2 Å². The van der Waals surface area contributed by atoms with Gasteiger partial charge in [-0.2, -0.15) is 13.2 Å². The summed E-state index contributed by atoms with van der Waals surface area (Å²) in [5.74, 6) is 0. The van der Waals surface area contributed by atoms with E-state index in [-0.39, 0.29) is 6.01 Å². The molecule has 2 heterocycles. The molecule has 1 aromatic heterocycles. The van der Waals surface area contributed by atoms with Crippen LogP contribution in [0.15, 0.2) is 12.4 Å². The third kappa shape index (κ3) is 5.07. The molecule has 1 aromatic rings. The van der Waals surface area contributed by atoms with Gasteiger partial charge in [-0.1, -0.05) is 26.2 Å². The maximum absolute atomic E-state index is 12.1. The Morgan fingerprint density at radius 2 is 1.76 bits per heavy atom. The summed E-state index contributed by atoms with van der Waals surface area (Å²) < 4.78 is 53.1. The summed E-state index contributed by atoms with van der Waals surface area (Å²) in [4.78, 5) is 7.61. The molecule has 0 spiro atoms. The lowest BCUT2D eigenvalue weighted by Gasteiger charge is -2.36. The third-order valence-corrected chi connectivity index (χ3v) is 4.58. The minimum absolute atomic E-state index is 0.330. The maximum atomic E-state index is 12.1. The molecule has 1 fully saturated rings. The Kier molecular flexibility index (Phi) is 5.99. The Bertz CT molecular complexity index is 569. The van der Waals surface area contributed by atoms with Crippen LogP contribution in [0.3, 0.4) is 0 Å². The number of hydrogen-bond donors (Lipinski definition) is 0. The van der Waals surface area contributed by atoms with Crippen molar-refractivity contribution in [2.45, 2.75) is 70.8 Å². The maximum Gasteiger partial charge on any atom is 0.498 e. The van der Waals surface area contributed by atoms with Gasteiger partial charge in [0.1, 0.15) is 0 Å². The average molecular weight is 360 g/mol. The number of hydrogen-bond acceptors (Lipinski definition) is 5. The minimum Gasteiger partial charge on any atom is -0.454 e. The molecule has 0 bridgehead atoms. The van der Waals surface area contributed by atoms with E-state index in [2.05, 4.69) is 21.6 Å². The van der Waals surface area contributed by atoms with Crippen LogP contribution in [0.4, 0.5) is 13.2 Å². The molecular weight excluding hydrogens is 336 g/mol. The number of unbranched alkanes of at least 4 members (excludes halogenated alkanes) is 2. The van der Waals surface area contributed by atoms with Crippen LogP contribution in [0.25, 0.3) is 0 Å². The largest absolute Gasteiger partial charge is 0.498 e. The molecule has 0 aromatic carbocycles. The van der Waals surface area contributed by atoms with E-state index in [1.807, 2.05) is 20.8 Å². The van der Waals surface area contributed by atoms with Gasteiger partial charge in [0, 0.05) is 17.9 Å². The lowest BCUT2D eigenvalue weighted by Crippen LogP contribution is -2.44. The zero-order chi connectivity index (χ0) is 18.7. The van der Waals surface area contributed by atoms with Crippen molar-refractivity contribution in [3.05, 3.63) is 12.4 Å². The fourth-order valence-corrected chi connectivity index (χ4v) is 2.67. The Morgan fingerprint density at radius 3 is 2.32 bits per heavy atom. The second-order valence-corrected chi connectivity index (χ2v) is 6.97. The number of aromatic nitrogens is 2. The zero-order valence-corrected chi connectivity index (χ0v) is 15.0. The van der Waals surface area contributed by atoms with Gasteiger partial charge in [0.25, 0.3) is 0 Å². The first-order valence-electron chi connectivity index (χ1n) is 8.43. The van der Waals surface area contributed by atoms with Crippen molar-refractivity contribution in [2.75, 3.05) is 6.61 Å². The van der Waals surface area contributed by atoms with Crippen molar-refractivity contribution in [3.8, 4) is 6.01 Å².